The van der Waals surface area contributed by atoms with E-state index in [1.807, 2.05) is 36.4 Å². The number of amides is 2. The minimum atomic E-state index is -1.90. The molecule has 2 heterocycles. The summed E-state index contributed by atoms with van der Waals surface area (Å²) in [5, 5.41) is 15.6. The van der Waals surface area contributed by atoms with Crippen molar-refractivity contribution in [1.29, 1.82) is 0 Å². The number of nitrogens with zero attached hydrogens (tertiary/aromatic N) is 2. The zero-order chi connectivity index (χ0) is 26.8. The number of carbonyl (C=O) groups excluding carboxylic acids is 3. The van der Waals surface area contributed by atoms with Crippen molar-refractivity contribution in [3.8, 4) is 0 Å². The van der Waals surface area contributed by atoms with Crippen molar-refractivity contribution in [3.63, 3.8) is 0 Å². The molecular formula is C27H28N6O5. The third kappa shape index (κ3) is 7.06. The van der Waals surface area contributed by atoms with Gasteiger partial charge in [-0.2, -0.15) is 5.10 Å². The molecule has 11 heteroatoms. The average Bonchev–Trinajstić information content (AvgIpc) is 3.41. The van der Waals surface area contributed by atoms with Crippen LogP contribution < -0.4 is 16.0 Å². The number of anilines is 1. The van der Waals surface area contributed by atoms with Gasteiger partial charge >= 0.3 is 12.1 Å². The fourth-order valence-corrected chi connectivity index (χ4v) is 3.54. The maximum atomic E-state index is 13.1. The van der Waals surface area contributed by atoms with Crippen LogP contribution >= 0.6 is 0 Å². The van der Waals surface area contributed by atoms with Crippen molar-refractivity contribution in [2.45, 2.75) is 25.6 Å². The maximum Gasteiger partial charge on any atom is 0.409 e. The third-order valence-electron chi connectivity index (χ3n) is 5.56. The highest BCUT2D eigenvalue weighted by Gasteiger charge is 2.39. The van der Waals surface area contributed by atoms with Gasteiger partial charge in [-0.3, -0.25) is 15.2 Å². The van der Waals surface area contributed by atoms with Crippen LogP contribution in [0.5, 0.6) is 0 Å². The molecule has 38 heavy (non-hydrogen) atoms. The van der Waals surface area contributed by atoms with Crippen molar-refractivity contribution >= 4 is 34.7 Å². The first kappa shape index (κ1) is 26.1. The average molecular weight is 517 g/mol. The van der Waals surface area contributed by atoms with Gasteiger partial charge in [0, 0.05) is 23.7 Å². The fraction of sp³-hybridized carbons (Fsp3) is 0.222. The molecule has 2 aromatic heterocycles. The number of hydrogen-bond acceptors (Lipinski definition) is 8. The second-order valence-electron chi connectivity index (χ2n) is 8.57. The van der Waals surface area contributed by atoms with Crippen LogP contribution in [0, 0.1) is 0 Å². The zero-order valence-electron chi connectivity index (χ0n) is 20.8. The van der Waals surface area contributed by atoms with Crippen LogP contribution in [0.15, 0.2) is 79.1 Å². The van der Waals surface area contributed by atoms with Gasteiger partial charge in [0.25, 0.3) is 5.91 Å². The van der Waals surface area contributed by atoms with Crippen LogP contribution in [0.25, 0.3) is 10.9 Å². The van der Waals surface area contributed by atoms with Gasteiger partial charge in [-0.05, 0) is 49.2 Å². The number of carbonyl (C=O) groups is 3. The summed E-state index contributed by atoms with van der Waals surface area (Å²) in [7, 11) is 0. The molecule has 0 radical (unpaired) electrons. The van der Waals surface area contributed by atoms with E-state index in [9.17, 15) is 14.4 Å². The van der Waals surface area contributed by atoms with Gasteiger partial charge in [-0.25, -0.2) is 14.6 Å². The number of H-pyrrole nitrogens is 1. The molecule has 196 valence electrons. The summed E-state index contributed by atoms with van der Waals surface area (Å²) in [6.45, 7) is 1.89. The normalized spacial score (nSPS) is 12.2. The summed E-state index contributed by atoms with van der Waals surface area (Å²) < 4.78 is 10.7. The number of aromatic amines is 1. The van der Waals surface area contributed by atoms with Gasteiger partial charge < -0.3 is 20.1 Å². The summed E-state index contributed by atoms with van der Waals surface area (Å²) in [5.41, 5.74) is -0.0997. The maximum absolute atomic E-state index is 13.1. The number of aromatic nitrogens is 3. The number of pyridine rings is 1. The Morgan fingerprint density at radius 3 is 2.58 bits per heavy atom. The van der Waals surface area contributed by atoms with Crippen LogP contribution in [0.4, 0.5) is 10.6 Å². The monoisotopic (exact) mass is 516 g/mol. The van der Waals surface area contributed by atoms with E-state index in [1.165, 1.54) is 6.92 Å². The molecule has 0 saturated carbocycles. The highest BCUT2D eigenvalue weighted by Crippen LogP contribution is 2.15. The molecule has 2 amide bonds. The largest absolute Gasteiger partial charge is 0.462 e. The molecule has 0 bridgehead atoms. The Morgan fingerprint density at radius 1 is 0.974 bits per heavy atom. The Hall–Kier alpha value is -4.93. The van der Waals surface area contributed by atoms with Gasteiger partial charge in [-0.15, -0.1) is 0 Å². The highest BCUT2D eigenvalue weighted by molar-refractivity contribution is 6.01. The smallest absolute Gasteiger partial charge is 0.409 e. The van der Waals surface area contributed by atoms with E-state index in [2.05, 4.69) is 31.1 Å². The minimum Gasteiger partial charge on any atom is -0.462 e. The lowest BCUT2D eigenvalue weighted by Gasteiger charge is -2.29. The molecule has 0 spiro atoms. The number of ether oxygens (including phenoxy) is 2. The van der Waals surface area contributed by atoms with Crippen LogP contribution in [0.3, 0.4) is 0 Å². The molecule has 0 aliphatic carbocycles. The van der Waals surface area contributed by atoms with Gasteiger partial charge in [0.05, 0.1) is 18.3 Å². The lowest BCUT2D eigenvalue weighted by molar-refractivity contribution is -0.151. The Balaban J connectivity index is 1.39. The highest BCUT2D eigenvalue weighted by atomic mass is 16.6. The number of rotatable bonds is 11. The predicted molar refractivity (Wildman–Crippen MR) is 140 cm³/mol. The van der Waals surface area contributed by atoms with E-state index >= 15 is 0 Å². The number of nitrogens with one attached hydrogen (secondary N) is 4. The van der Waals surface area contributed by atoms with Crippen molar-refractivity contribution in [1.82, 2.24) is 25.8 Å². The number of fused-ring (bicyclic) bond motifs is 1. The van der Waals surface area contributed by atoms with E-state index in [0.29, 0.717) is 18.8 Å². The van der Waals surface area contributed by atoms with Crippen LogP contribution in [0.1, 0.15) is 29.3 Å². The van der Waals surface area contributed by atoms with E-state index in [0.717, 1.165) is 16.5 Å². The molecule has 1 atom stereocenters. The molecule has 4 N–H and O–H groups in total. The molecule has 2 aromatic carbocycles. The first-order chi connectivity index (χ1) is 18.4. The second kappa shape index (κ2) is 12.3. The second-order valence-corrected chi connectivity index (χ2v) is 8.57. The number of benzene rings is 2. The quantitative estimate of drug-likeness (QED) is 0.135. The lowest BCUT2D eigenvalue weighted by Crippen LogP contribution is -2.64. The van der Waals surface area contributed by atoms with Crippen molar-refractivity contribution in [3.05, 3.63) is 90.3 Å². The Bertz CT molecular complexity index is 1380. The van der Waals surface area contributed by atoms with Gasteiger partial charge in [0.2, 0.25) is 5.66 Å². The Morgan fingerprint density at radius 2 is 1.79 bits per heavy atom. The predicted octanol–water partition coefficient (Wildman–Crippen LogP) is 3.38. The molecule has 4 aromatic rings. The van der Waals surface area contributed by atoms with Gasteiger partial charge in [0.1, 0.15) is 12.4 Å². The SMILES string of the molecule is C[C@@](NC(=O)OCc1ccccc1)(NC(=O)c1ccc2[nH]ncc2c1)C(=O)OCCCNc1ccccn1. The molecule has 0 unspecified atom stereocenters. The number of hydrogen-bond donors (Lipinski definition) is 4. The standard InChI is InChI=1S/C27H28N6O5/c1-27(32-26(36)38-18-19-8-3-2-4-9-19,25(35)37-15-7-14-29-23-10-5-6-13-28-23)31-24(34)20-11-12-22-21(16-20)17-30-33-22/h2-6,8-13,16-17H,7,14-15,18H2,1H3,(H,28,29)(H,30,33)(H,31,34)(H,32,36)/t27-/m0/s1. The topological polar surface area (TPSA) is 147 Å². The number of esters is 1. The first-order valence-electron chi connectivity index (χ1n) is 12.0. The third-order valence-corrected chi connectivity index (χ3v) is 5.56. The first-order valence-corrected chi connectivity index (χ1v) is 12.0. The minimum absolute atomic E-state index is 0.0118. The summed E-state index contributed by atoms with van der Waals surface area (Å²) in [6.07, 6.45) is 2.83. The molecule has 0 aliphatic rings. The summed E-state index contributed by atoms with van der Waals surface area (Å²) in [6, 6.07) is 19.5. The fourth-order valence-electron chi connectivity index (χ4n) is 3.54. The summed E-state index contributed by atoms with van der Waals surface area (Å²) >= 11 is 0. The summed E-state index contributed by atoms with van der Waals surface area (Å²) in [5.74, 6) is -0.731. The van der Waals surface area contributed by atoms with Crippen molar-refractivity contribution < 1.29 is 23.9 Å². The zero-order valence-corrected chi connectivity index (χ0v) is 20.8. The van der Waals surface area contributed by atoms with Crippen molar-refractivity contribution in [2.75, 3.05) is 18.5 Å². The molecule has 4 rings (SSSR count). The lowest BCUT2D eigenvalue weighted by atomic mass is 10.1. The molecular weight excluding hydrogens is 488 g/mol. The summed E-state index contributed by atoms with van der Waals surface area (Å²) in [4.78, 5) is 42.9. The Kier molecular flexibility index (Phi) is 8.50. The Labute approximate surface area is 218 Å². The van der Waals surface area contributed by atoms with E-state index < -0.39 is 23.6 Å². The number of alkyl carbamates (subject to hydrolysis) is 1. The van der Waals surface area contributed by atoms with E-state index in [4.69, 9.17) is 9.47 Å². The van der Waals surface area contributed by atoms with E-state index in [1.54, 1.807) is 42.7 Å². The molecule has 0 saturated heterocycles. The van der Waals surface area contributed by atoms with Gasteiger partial charge in [-0.1, -0.05) is 36.4 Å². The van der Waals surface area contributed by atoms with Crippen LogP contribution in [0.2, 0.25) is 0 Å². The van der Waals surface area contributed by atoms with Crippen LogP contribution in [-0.4, -0.2) is 52.0 Å². The molecule has 11 nitrogen and oxygen atoms in total. The van der Waals surface area contributed by atoms with Gasteiger partial charge in [0.15, 0.2) is 0 Å². The van der Waals surface area contributed by atoms with E-state index in [-0.39, 0.29) is 18.8 Å². The molecule has 0 aliphatic heterocycles. The van der Waals surface area contributed by atoms with Crippen LogP contribution in [-0.2, 0) is 20.9 Å². The molecule has 0 fully saturated rings. The van der Waals surface area contributed by atoms with Crippen molar-refractivity contribution in [2.24, 2.45) is 0 Å².